The van der Waals surface area contributed by atoms with Gasteiger partial charge < -0.3 is 0 Å². The van der Waals surface area contributed by atoms with Crippen molar-refractivity contribution in [3.8, 4) is 0 Å². The molecular weight excluding hydrogens is 180 g/mol. The summed E-state index contributed by atoms with van der Waals surface area (Å²) >= 11 is 1.81. The largest absolute Gasteiger partial charge is 0.298 e. The number of thioether (sulfide) groups is 1. The summed E-state index contributed by atoms with van der Waals surface area (Å²) in [6.45, 7) is 4.40. The number of carbonyl (C=O) groups is 1. The molecule has 0 atom stereocenters. The van der Waals surface area contributed by atoms with Crippen molar-refractivity contribution in [1.29, 1.82) is 0 Å². The summed E-state index contributed by atoms with van der Waals surface area (Å²) in [5, 5.41) is 0. The first-order valence-corrected chi connectivity index (χ1v) is 6.46. The average molecular weight is 200 g/mol. The average Bonchev–Trinajstić information content (AvgIpc) is 2.55. The molecular formula is C11H20OS. The normalized spacial score (nSPS) is 18.4. The van der Waals surface area contributed by atoms with E-state index in [0.717, 1.165) is 24.3 Å². The predicted molar refractivity (Wildman–Crippen MR) is 59.1 cm³/mol. The van der Waals surface area contributed by atoms with Gasteiger partial charge in [-0.1, -0.05) is 26.7 Å². The van der Waals surface area contributed by atoms with Gasteiger partial charge in [0.2, 0.25) is 0 Å². The lowest BCUT2D eigenvalue weighted by molar-refractivity contribution is -0.120. The van der Waals surface area contributed by atoms with Crippen molar-refractivity contribution in [2.45, 2.75) is 39.5 Å². The Hall–Kier alpha value is 0.0200. The highest BCUT2D eigenvalue weighted by molar-refractivity contribution is 7.99. The molecule has 0 unspecified atom stereocenters. The molecule has 1 nitrogen and oxygen atoms in total. The minimum atomic E-state index is 0.416. The second kappa shape index (κ2) is 5.69. The minimum Gasteiger partial charge on any atom is -0.298 e. The first-order chi connectivity index (χ1) is 6.20. The predicted octanol–water partition coefficient (Wildman–Crippen LogP) is 3.13. The monoisotopic (exact) mass is 200 g/mol. The van der Waals surface area contributed by atoms with Crippen LogP contribution in [0.4, 0.5) is 0 Å². The maximum atomic E-state index is 11.6. The summed E-state index contributed by atoms with van der Waals surface area (Å²) in [6, 6.07) is 0. The van der Waals surface area contributed by atoms with Crippen molar-refractivity contribution >= 4 is 17.5 Å². The summed E-state index contributed by atoms with van der Waals surface area (Å²) in [6.07, 6.45) is 4.85. The molecule has 2 heteroatoms. The van der Waals surface area contributed by atoms with Gasteiger partial charge in [0.05, 0.1) is 5.75 Å². The van der Waals surface area contributed by atoms with Crippen molar-refractivity contribution in [1.82, 2.24) is 0 Å². The van der Waals surface area contributed by atoms with Crippen molar-refractivity contribution in [3.05, 3.63) is 0 Å². The second-order valence-electron chi connectivity index (χ2n) is 4.36. The Kier molecular flexibility index (Phi) is 4.86. The number of hydrogen-bond donors (Lipinski definition) is 0. The molecule has 0 spiro atoms. The van der Waals surface area contributed by atoms with E-state index in [0.29, 0.717) is 17.6 Å². The van der Waals surface area contributed by atoms with E-state index in [2.05, 4.69) is 13.8 Å². The van der Waals surface area contributed by atoms with Gasteiger partial charge in [-0.25, -0.2) is 0 Å². The van der Waals surface area contributed by atoms with E-state index >= 15 is 0 Å². The van der Waals surface area contributed by atoms with E-state index in [4.69, 9.17) is 0 Å². The third-order valence-electron chi connectivity index (χ3n) is 2.51. The Labute approximate surface area is 85.7 Å². The SMILES string of the molecule is CC(C)CSCC(=O)C1CCCC1. The smallest absolute Gasteiger partial charge is 0.145 e. The zero-order valence-corrected chi connectivity index (χ0v) is 9.53. The van der Waals surface area contributed by atoms with Crippen molar-refractivity contribution in [3.63, 3.8) is 0 Å². The summed E-state index contributed by atoms with van der Waals surface area (Å²) in [5.41, 5.74) is 0. The fraction of sp³-hybridized carbons (Fsp3) is 0.909. The molecule has 1 rings (SSSR count). The first kappa shape index (κ1) is 11.1. The van der Waals surface area contributed by atoms with E-state index in [-0.39, 0.29) is 0 Å². The molecule has 0 heterocycles. The van der Waals surface area contributed by atoms with Gasteiger partial charge in [0.25, 0.3) is 0 Å². The molecule has 1 aliphatic carbocycles. The van der Waals surface area contributed by atoms with Crippen molar-refractivity contribution in [2.75, 3.05) is 11.5 Å². The van der Waals surface area contributed by atoms with Crippen LogP contribution in [0.3, 0.4) is 0 Å². The number of rotatable bonds is 5. The molecule has 0 aliphatic heterocycles. The molecule has 0 saturated heterocycles. The van der Waals surface area contributed by atoms with Gasteiger partial charge in [0.15, 0.2) is 0 Å². The lowest BCUT2D eigenvalue weighted by Gasteiger charge is -2.08. The number of Topliss-reactive ketones (excluding diaryl/α,β-unsaturated/α-hetero) is 1. The van der Waals surface area contributed by atoms with Crippen LogP contribution in [-0.4, -0.2) is 17.3 Å². The first-order valence-electron chi connectivity index (χ1n) is 5.30. The topological polar surface area (TPSA) is 17.1 Å². The fourth-order valence-corrected chi connectivity index (χ4v) is 2.79. The minimum absolute atomic E-state index is 0.416. The van der Waals surface area contributed by atoms with Crippen LogP contribution in [0, 0.1) is 11.8 Å². The van der Waals surface area contributed by atoms with Gasteiger partial charge in [0.1, 0.15) is 5.78 Å². The van der Waals surface area contributed by atoms with Crippen LogP contribution in [0.1, 0.15) is 39.5 Å². The molecule has 76 valence electrons. The van der Waals surface area contributed by atoms with Gasteiger partial charge >= 0.3 is 0 Å². The van der Waals surface area contributed by atoms with Crippen LogP contribution in [0.25, 0.3) is 0 Å². The van der Waals surface area contributed by atoms with Crippen molar-refractivity contribution in [2.24, 2.45) is 11.8 Å². The standard InChI is InChI=1S/C11H20OS/c1-9(2)7-13-8-11(12)10-5-3-4-6-10/h9-10H,3-8H2,1-2H3. The van der Waals surface area contributed by atoms with E-state index in [1.807, 2.05) is 0 Å². The van der Waals surface area contributed by atoms with Gasteiger partial charge in [-0.15, -0.1) is 0 Å². The van der Waals surface area contributed by atoms with E-state index in [1.54, 1.807) is 11.8 Å². The van der Waals surface area contributed by atoms with Gasteiger partial charge in [-0.05, 0) is 24.5 Å². The molecule has 0 N–H and O–H groups in total. The zero-order chi connectivity index (χ0) is 9.68. The maximum absolute atomic E-state index is 11.6. The quantitative estimate of drug-likeness (QED) is 0.678. The van der Waals surface area contributed by atoms with Crippen LogP contribution in [0.15, 0.2) is 0 Å². The maximum Gasteiger partial charge on any atom is 0.145 e. The molecule has 0 amide bonds. The number of ketones is 1. The van der Waals surface area contributed by atoms with Gasteiger partial charge in [-0.3, -0.25) is 4.79 Å². The van der Waals surface area contributed by atoms with Crippen LogP contribution < -0.4 is 0 Å². The summed E-state index contributed by atoms with van der Waals surface area (Å²) in [7, 11) is 0. The van der Waals surface area contributed by atoms with Crippen LogP contribution in [0.2, 0.25) is 0 Å². The second-order valence-corrected chi connectivity index (χ2v) is 5.39. The molecule has 0 aromatic carbocycles. The van der Waals surface area contributed by atoms with Crippen LogP contribution in [-0.2, 0) is 4.79 Å². The van der Waals surface area contributed by atoms with Gasteiger partial charge in [0, 0.05) is 5.92 Å². The van der Waals surface area contributed by atoms with Gasteiger partial charge in [-0.2, -0.15) is 11.8 Å². The van der Waals surface area contributed by atoms with Crippen LogP contribution in [0.5, 0.6) is 0 Å². The third-order valence-corrected chi connectivity index (χ3v) is 3.90. The highest BCUT2D eigenvalue weighted by atomic mass is 32.2. The molecule has 1 aliphatic rings. The molecule has 0 radical (unpaired) electrons. The highest BCUT2D eigenvalue weighted by Gasteiger charge is 2.21. The lowest BCUT2D eigenvalue weighted by Crippen LogP contribution is -2.13. The van der Waals surface area contributed by atoms with E-state index < -0.39 is 0 Å². The van der Waals surface area contributed by atoms with Crippen LogP contribution >= 0.6 is 11.8 Å². The third kappa shape index (κ3) is 4.17. The van der Waals surface area contributed by atoms with E-state index in [9.17, 15) is 4.79 Å². The summed E-state index contributed by atoms with van der Waals surface area (Å²) in [5.74, 6) is 3.51. The molecule has 1 fully saturated rings. The number of carbonyl (C=O) groups excluding carboxylic acids is 1. The summed E-state index contributed by atoms with van der Waals surface area (Å²) < 4.78 is 0. The molecule has 1 saturated carbocycles. The molecule has 13 heavy (non-hydrogen) atoms. The summed E-state index contributed by atoms with van der Waals surface area (Å²) in [4.78, 5) is 11.6. The van der Waals surface area contributed by atoms with E-state index in [1.165, 1.54) is 12.8 Å². The fourth-order valence-electron chi connectivity index (χ4n) is 1.76. The Morgan fingerprint density at radius 1 is 1.38 bits per heavy atom. The Bertz CT molecular complexity index is 159. The molecule has 0 aromatic rings. The van der Waals surface area contributed by atoms with Crippen molar-refractivity contribution < 1.29 is 4.79 Å². The highest BCUT2D eigenvalue weighted by Crippen LogP contribution is 2.26. The Morgan fingerprint density at radius 3 is 2.54 bits per heavy atom. The zero-order valence-electron chi connectivity index (χ0n) is 8.71. The number of hydrogen-bond acceptors (Lipinski definition) is 2. The Balaban J connectivity index is 2.10. The molecule has 0 aromatic heterocycles. The lowest BCUT2D eigenvalue weighted by atomic mass is 10.0. The Morgan fingerprint density at radius 2 is 2.00 bits per heavy atom. The molecule has 0 bridgehead atoms.